The van der Waals surface area contributed by atoms with Crippen molar-refractivity contribution in [3.8, 4) is 5.69 Å². The SMILES string of the molecule is CC1(c2nc3cc(F)ccc3[nH]2)CC(c2ccc3c(=O)n(-c4ccc(Cl)cc4)c(CCCCC(=O)O)nc3c2)=NO1. The number of carbonyl (C=O) groups is 1. The molecule has 1 atom stereocenters. The quantitative estimate of drug-likeness (QED) is 0.223. The van der Waals surface area contributed by atoms with Crippen LogP contribution in [-0.2, 0) is 21.7 Å². The number of oxime groups is 1. The zero-order chi connectivity index (χ0) is 28.7. The molecule has 0 amide bonds. The lowest BCUT2D eigenvalue weighted by molar-refractivity contribution is -0.137. The third-order valence-electron chi connectivity index (χ3n) is 7.21. The number of hydrogen-bond donors (Lipinski definition) is 2. The molecular weight excluding hydrogens is 549 g/mol. The number of halogens is 2. The molecule has 0 spiro atoms. The number of benzene rings is 3. The fourth-order valence-electron chi connectivity index (χ4n) is 5.05. The number of unbranched alkanes of at least 4 members (excludes halogenated alkanes) is 1. The summed E-state index contributed by atoms with van der Waals surface area (Å²) >= 11 is 6.07. The first-order chi connectivity index (χ1) is 19.7. The molecule has 3 heterocycles. The average Bonchev–Trinajstić information content (AvgIpc) is 3.56. The highest BCUT2D eigenvalue weighted by Crippen LogP contribution is 2.36. The van der Waals surface area contributed by atoms with Gasteiger partial charge in [0, 0.05) is 35.9 Å². The second-order valence-corrected chi connectivity index (χ2v) is 10.7. The monoisotopic (exact) mass is 573 g/mol. The summed E-state index contributed by atoms with van der Waals surface area (Å²) in [5.74, 6) is -0.177. The van der Waals surface area contributed by atoms with Crippen LogP contribution in [0.2, 0.25) is 5.02 Å². The molecule has 11 heteroatoms. The summed E-state index contributed by atoms with van der Waals surface area (Å²) in [7, 11) is 0. The van der Waals surface area contributed by atoms with Crippen LogP contribution in [0.25, 0.3) is 27.6 Å². The largest absolute Gasteiger partial charge is 0.481 e. The van der Waals surface area contributed by atoms with Crippen molar-refractivity contribution in [2.24, 2.45) is 5.16 Å². The maximum Gasteiger partial charge on any atom is 0.303 e. The van der Waals surface area contributed by atoms with Crippen LogP contribution in [0.1, 0.15) is 49.8 Å². The van der Waals surface area contributed by atoms with Crippen molar-refractivity contribution in [3.63, 3.8) is 0 Å². The van der Waals surface area contributed by atoms with E-state index in [-0.39, 0.29) is 17.8 Å². The van der Waals surface area contributed by atoms with Crippen molar-refractivity contribution in [1.29, 1.82) is 0 Å². The van der Waals surface area contributed by atoms with Crippen LogP contribution < -0.4 is 5.56 Å². The van der Waals surface area contributed by atoms with Crippen LogP contribution >= 0.6 is 11.6 Å². The number of aliphatic carboxylic acids is 1. The van der Waals surface area contributed by atoms with Crippen LogP contribution in [0.15, 0.2) is 70.6 Å². The van der Waals surface area contributed by atoms with E-state index in [2.05, 4.69) is 15.1 Å². The number of hydrogen-bond acceptors (Lipinski definition) is 6. The van der Waals surface area contributed by atoms with Gasteiger partial charge in [-0.3, -0.25) is 14.2 Å². The molecule has 1 aliphatic rings. The maximum atomic E-state index is 13.7. The summed E-state index contributed by atoms with van der Waals surface area (Å²) < 4.78 is 15.2. The molecule has 1 aliphatic heterocycles. The van der Waals surface area contributed by atoms with Gasteiger partial charge >= 0.3 is 5.97 Å². The number of aryl methyl sites for hydroxylation is 1. The van der Waals surface area contributed by atoms with Crippen molar-refractivity contribution < 1.29 is 19.1 Å². The van der Waals surface area contributed by atoms with Crippen molar-refractivity contribution in [3.05, 3.63) is 99.1 Å². The van der Waals surface area contributed by atoms with E-state index in [4.69, 9.17) is 26.5 Å². The Bertz CT molecular complexity index is 1900. The van der Waals surface area contributed by atoms with Crippen molar-refractivity contribution in [1.82, 2.24) is 19.5 Å². The Hall–Kier alpha value is -4.57. The molecule has 6 rings (SSSR count). The Morgan fingerprint density at radius 2 is 1.90 bits per heavy atom. The molecule has 1 unspecified atom stereocenters. The molecule has 0 saturated carbocycles. The van der Waals surface area contributed by atoms with Gasteiger partial charge in [0.1, 0.15) is 11.6 Å². The van der Waals surface area contributed by atoms with E-state index in [1.165, 1.54) is 12.1 Å². The highest BCUT2D eigenvalue weighted by Gasteiger charge is 2.39. The van der Waals surface area contributed by atoms with E-state index >= 15 is 0 Å². The lowest BCUT2D eigenvalue weighted by Gasteiger charge is -2.18. The van der Waals surface area contributed by atoms with Gasteiger partial charge in [0.15, 0.2) is 11.4 Å². The van der Waals surface area contributed by atoms with Crippen LogP contribution in [0, 0.1) is 5.82 Å². The van der Waals surface area contributed by atoms with E-state index in [1.807, 2.05) is 19.1 Å². The lowest BCUT2D eigenvalue weighted by atomic mass is 9.95. The smallest absolute Gasteiger partial charge is 0.303 e. The summed E-state index contributed by atoms with van der Waals surface area (Å²) in [6.45, 7) is 1.86. The first-order valence-corrected chi connectivity index (χ1v) is 13.5. The highest BCUT2D eigenvalue weighted by molar-refractivity contribution is 6.30. The zero-order valence-electron chi connectivity index (χ0n) is 22.0. The summed E-state index contributed by atoms with van der Waals surface area (Å²) in [4.78, 5) is 43.1. The number of aromatic amines is 1. The van der Waals surface area contributed by atoms with Crippen LogP contribution in [-0.4, -0.2) is 36.3 Å². The molecule has 0 radical (unpaired) electrons. The highest BCUT2D eigenvalue weighted by atomic mass is 35.5. The number of aromatic nitrogens is 4. The van der Waals surface area contributed by atoms with Crippen LogP contribution in [0.5, 0.6) is 0 Å². The van der Waals surface area contributed by atoms with Gasteiger partial charge in [-0.15, -0.1) is 0 Å². The van der Waals surface area contributed by atoms with Crippen molar-refractivity contribution in [2.45, 2.75) is 44.6 Å². The van der Waals surface area contributed by atoms with E-state index in [0.29, 0.717) is 75.7 Å². The molecule has 0 fully saturated rings. The molecule has 0 saturated heterocycles. The van der Waals surface area contributed by atoms with Gasteiger partial charge in [-0.25, -0.2) is 14.4 Å². The predicted octanol–water partition coefficient (Wildman–Crippen LogP) is 5.89. The topological polar surface area (TPSA) is 122 Å². The van der Waals surface area contributed by atoms with Crippen molar-refractivity contribution in [2.75, 3.05) is 0 Å². The van der Waals surface area contributed by atoms with E-state index < -0.39 is 11.6 Å². The molecule has 208 valence electrons. The Morgan fingerprint density at radius 3 is 2.68 bits per heavy atom. The molecule has 0 aliphatic carbocycles. The van der Waals surface area contributed by atoms with E-state index in [0.717, 1.165) is 5.56 Å². The minimum Gasteiger partial charge on any atom is -0.481 e. The molecule has 2 aromatic heterocycles. The number of fused-ring (bicyclic) bond motifs is 2. The minimum atomic E-state index is -0.888. The third-order valence-corrected chi connectivity index (χ3v) is 7.46. The first-order valence-electron chi connectivity index (χ1n) is 13.1. The van der Waals surface area contributed by atoms with E-state index in [9.17, 15) is 14.0 Å². The van der Waals surface area contributed by atoms with Gasteiger partial charge in [0.05, 0.1) is 33.3 Å². The predicted molar refractivity (Wildman–Crippen MR) is 153 cm³/mol. The molecule has 2 N–H and O–H groups in total. The second kappa shape index (κ2) is 10.4. The number of carboxylic acid groups (broad SMARTS) is 1. The summed E-state index contributed by atoms with van der Waals surface area (Å²) in [6.07, 6.45) is 1.87. The number of nitrogens with zero attached hydrogens (tertiary/aromatic N) is 4. The fourth-order valence-corrected chi connectivity index (χ4v) is 5.17. The molecule has 3 aromatic carbocycles. The number of imidazole rings is 1. The second-order valence-electron chi connectivity index (χ2n) is 10.3. The van der Waals surface area contributed by atoms with Gasteiger partial charge in [-0.2, -0.15) is 0 Å². The summed E-state index contributed by atoms with van der Waals surface area (Å²) in [5, 5.41) is 14.3. The third kappa shape index (κ3) is 5.18. The Balaban J connectivity index is 1.34. The van der Waals surface area contributed by atoms with Crippen LogP contribution in [0.3, 0.4) is 0 Å². The summed E-state index contributed by atoms with van der Waals surface area (Å²) in [5.41, 5.74) is 2.61. The van der Waals surface area contributed by atoms with Crippen molar-refractivity contribution >= 4 is 45.2 Å². The molecule has 5 aromatic rings. The molecule has 41 heavy (non-hydrogen) atoms. The van der Waals surface area contributed by atoms with Crippen LogP contribution in [0.4, 0.5) is 4.39 Å². The Morgan fingerprint density at radius 1 is 1.10 bits per heavy atom. The first kappa shape index (κ1) is 26.6. The number of nitrogens with one attached hydrogen (secondary N) is 1. The normalized spacial score (nSPS) is 16.7. The van der Waals surface area contributed by atoms with Gasteiger partial charge in [0.25, 0.3) is 5.56 Å². The summed E-state index contributed by atoms with van der Waals surface area (Å²) in [6, 6.07) is 16.6. The van der Waals surface area contributed by atoms with Gasteiger partial charge in [0.2, 0.25) is 0 Å². The molecular formula is C30H25ClFN5O4. The number of H-pyrrole nitrogens is 1. The minimum absolute atomic E-state index is 0.0433. The zero-order valence-corrected chi connectivity index (χ0v) is 22.8. The molecule has 0 bridgehead atoms. The standard InChI is InChI=1S/C30H25ClFN5O4/c1-30(29-34-22-13-9-19(32)15-24(22)35-29)16-25(36-41-30)17-6-12-21-23(14-17)33-26(4-2-3-5-27(38)39)37(28(21)40)20-10-7-18(31)8-11-20/h6-15H,2-5,16H2,1H3,(H,34,35)(H,38,39). The average molecular weight is 574 g/mol. The number of carboxylic acids is 1. The maximum absolute atomic E-state index is 13.7. The van der Waals surface area contributed by atoms with Gasteiger partial charge in [-0.05, 0) is 68.3 Å². The Kier molecular flexibility index (Phi) is 6.78. The lowest BCUT2D eigenvalue weighted by Crippen LogP contribution is -2.25. The fraction of sp³-hybridized carbons (Fsp3) is 0.233. The van der Waals surface area contributed by atoms with E-state index in [1.54, 1.807) is 41.0 Å². The Labute approximate surface area is 238 Å². The number of rotatable bonds is 8. The van der Waals surface area contributed by atoms with Gasteiger partial charge < -0.3 is 14.9 Å². The van der Waals surface area contributed by atoms with Gasteiger partial charge in [-0.1, -0.05) is 22.8 Å². The molecule has 9 nitrogen and oxygen atoms in total.